The van der Waals surface area contributed by atoms with Crippen LogP contribution in [0.25, 0.3) is 0 Å². The van der Waals surface area contributed by atoms with Crippen molar-refractivity contribution in [3.63, 3.8) is 0 Å². The monoisotopic (exact) mass is 493 g/mol. The highest BCUT2D eigenvalue weighted by atomic mass is 35.5. The van der Waals surface area contributed by atoms with Crippen LogP contribution >= 0.6 is 11.6 Å². The van der Waals surface area contributed by atoms with Gasteiger partial charge in [-0.25, -0.2) is 8.42 Å². The number of halogens is 4. The van der Waals surface area contributed by atoms with Gasteiger partial charge in [-0.1, -0.05) is 24.4 Å². The molecule has 4 rings (SSSR count). The molecule has 2 aliphatic heterocycles. The van der Waals surface area contributed by atoms with Crippen molar-refractivity contribution < 1.29 is 31.2 Å². The van der Waals surface area contributed by atoms with Crippen molar-refractivity contribution in [2.75, 3.05) is 32.8 Å². The van der Waals surface area contributed by atoms with Gasteiger partial charge < -0.3 is 0 Å². The summed E-state index contributed by atoms with van der Waals surface area (Å²) in [6, 6.07) is 2.21. The lowest BCUT2D eigenvalue weighted by Gasteiger charge is -2.35. The lowest BCUT2D eigenvalue weighted by molar-refractivity contribution is -0.143. The van der Waals surface area contributed by atoms with Gasteiger partial charge in [-0.15, -0.1) is 0 Å². The zero-order chi connectivity index (χ0) is 23.3. The van der Waals surface area contributed by atoms with Crippen LogP contribution in [0.15, 0.2) is 23.1 Å². The van der Waals surface area contributed by atoms with Crippen LogP contribution in [0.2, 0.25) is 5.02 Å². The van der Waals surface area contributed by atoms with E-state index in [2.05, 4.69) is 0 Å². The Kier molecular flexibility index (Phi) is 6.30. The van der Waals surface area contributed by atoms with Gasteiger partial charge in [0, 0.05) is 26.2 Å². The van der Waals surface area contributed by atoms with Gasteiger partial charge >= 0.3 is 6.18 Å². The maximum atomic E-state index is 13.0. The number of sulfonamides is 1. The standard InChI is InChI=1S/C20H23ClF3N3O4S/c21-16-6-5-13(20(22,23)24)11-17(16)32(30,31)26-9-7-25(8-10-26)12-27-18(28)14-3-1-2-4-15(14)19(27)29/h5-6,11,14-15H,1-4,7-10,12H2. The van der Waals surface area contributed by atoms with Crippen molar-refractivity contribution in [3.8, 4) is 0 Å². The molecule has 2 heterocycles. The summed E-state index contributed by atoms with van der Waals surface area (Å²) >= 11 is 5.92. The number of carbonyl (C=O) groups is 2. The predicted octanol–water partition coefficient (Wildman–Crippen LogP) is 2.80. The van der Waals surface area contributed by atoms with Crippen molar-refractivity contribution >= 4 is 33.4 Å². The predicted molar refractivity (Wildman–Crippen MR) is 109 cm³/mol. The van der Waals surface area contributed by atoms with Gasteiger partial charge in [0.05, 0.1) is 29.1 Å². The Morgan fingerprint density at radius 3 is 2.06 bits per heavy atom. The number of likely N-dealkylation sites (tertiary alicyclic amines) is 1. The first-order chi connectivity index (χ1) is 15.0. The maximum absolute atomic E-state index is 13.0. The number of benzene rings is 1. The fourth-order valence-corrected chi connectivity index (χ4v) is 6.62. The Labute approximate surface area is 189 Å². The number of imide groups is 1. The fourth-order valence-electron chi connectivity index (χ4n) is 4.70. The van der Waals surface area contributed by atoms with Gasteiger partial charge in [0.2, 0.25) is 21.8 Å². The average Bonchev–Trinajstić information content (AvgIpc) is 2.98. The molecule has 2 amide bonds. The van der Waals surface area contributed by atoms with E-state index in [1.807, 2.05) is 4.90 Å². The van der Waals surface area contributed by atoms with Gasteiger partial charge in [0.1, 0.15) is 4.90 Å². The lowest BCUT2D eigenvalue weighted by atomic mass is 9.81. The quantitative estimate of drug-likeness (QED) is 0.603. The Bertz CT molecular complexity index is 1000. The number of alkyl halides is 3. The summed E-state index contributed by atoms with van der Waals surface area (Å²) in [5.41, 5.74) is -1.09. The molecular weight excluding hydrogens is 471 g/mol. The number of amides is 2. The van der Waals surface area contributed by atoms with E-state index >= 15 is 0 Å². The van der Waals surface area contributed by atoms with E-state index in [1.165, 1.54) is 4.90 Å². The van der Waals surface area contributed by atoms with E-state index in [0.717, 1.165) is 42.1 Å². The number of rotatable bonds is 4. The summed E-state index contributed by atoms with van der Waals surface area (Å²) in [6.45, 7) is 0.600. The van der Waals surface area contributed by atoms with E-state index in [-0.39, 0.29) is 61.5 Å². The maximum Gasteiger partial charge on any atom is 0.416 e. The molecule has 1 aliphatic carbocycles. The highest BCUT2D eigenvalue weighted by Gasteiger charge is 2.48. The van der Waals surface area contributed by atoms with Crippen LogP contribution in [0.3, 0.4) is 0 Å². The van der Waals surface area contributed by atoms with Gasteiger partial charge in [0.25, 0.3) is 0 Å². The smallest absolute Gasteiger partial charge is 0.283 e. The molecular formula is C20H23ClF3N3O4S. The largest absolute Gasteiger partial charge is 0.416 e. The van der Waals surface area contributed by atoms with E-state index in [0.29, 0.717) is 6.07 Å². The van der Waals surface area contributed by atoms with Gasteiger partial charge in [-0.05, 0) is 31.0 Å². The molecule has 1 aromatic rings. The number of hydrogen-bond donors (Lipinski definition) is 0. The van der Waals surface area contributed by atoms with Crippen LogP contribution in [0.5, 0.6) is 0 Å². The summed E-state index contributed by atoms with van der Waals surface area (Å²) in [7, 11) is -4.24. The Morgan fingerprint density at radius 1 is 0.969 bits per heavy atom. The Hall–Kier alpha value is -1.69. The minimum atomic E-state index is -4.69. The SMILES string of the molecule is O=C1C2CCCCC2C(=O)N1CN1CCN(S(=O)(=O)c2cc(C(F)(F)F)ccc2Cl)CC1. The molecule has 2 unspecified atom stereocenters. The van der Waals surface area contributed by atoms with Crippen molar-refractivity contribution in [1.82, 2.24) is 14.1 Å². The summed E-state index contributed by atoms with van der Waals surface area (Å²) in [5, 5.41) is -0.281. The minimum absolute atomic E-state index is 0.0119. The average molecular weight is 494 g/mol. The Morgan fingerprint density at radius 2 is 1.53 bits per heavy atom. The zero-order valence-electron chi connectivity index (χ0n) is 17.1. The molecule has 3 aliphatic rings. The van der Waals surface area contributed by atoms with Crippen LogP contribution in [-0.2, 0) is 25.8 Å². The molecule has 0 N–H and O–H groups in total. The fraction of sp³-hybridized carbons (Fsp3) is 0.600. The molecule has 0 spiro atoms. The number of fused-ring (bicyclic) bond motifs is 1. The zero-order valence-corrected chi connectivity index (χ0v) is 18.7. The second-order valence-corrected chi connectivity index (χ2v) is 10.7. The third-order valence-electron chi connectivity index (χ3n) is 6.48. The molecule has 32 heavy (non-hydrogen) atoms. The molecule has 1 aromatic carbocycles. The third kappa shape index (κ3) is 4.27. The second-order valence-electron chi connectivity index (χ2n) is 8.41. The number of piperazine rings is 1. The topological polar surface area (TPSA) is 78.0 Å². The normalized spacial score (nSPS) is 25.9. The number of carbonyl (C=O) groups excluding carboxylic acids is 2. The van der Waals surface area contributed by atoms with E-state index in [9.17, 15) is 31.2 Å². The van der Waals surface area contributed by atoms with E-state index in [4.69, 9.17) is 11.6 Å². The molecule has 1 saturated carbocycles. The van der Waals surface area contributed by atoms with Crippen LogP contribution in [0.4, 0.5) is 13.2 Å². The summed E-state index contributed by atoms with van der Waals surface area (Å²) in [6.07, 6.45) is -1.39. The highest BCUT2D eigenvalue weighted by Crippen LogP contribution is 2.38. The third-order valence-corrected chi connectivity index (χ3v) is 8.86. The molecule has 0 aromatic heterocycles. The molecule has 2 saturated heterocycles. The van der Waals surface area contributed by atoms with Crippen LogP contribution in [0, 0.1) is 11.8 Å². The van der Waals surface area contributed by atoms with Gasteiger partial charge in [0.15, 0.2) is 0 Å². The van der Waals surface area contributed by atoms with Crippen LogP contribution in [-0.4, -0.2) is 67.2 Å². The van der Waals surface area contributed by atoms with Crippen molar-refractivity contribution in [3.05, 3.63) is 28.8 Å². The van der Waals surface area contributed by atoms with Crippen LogP contribution < -0.4 is 0 Å². The lowest BCUT2D eigenvalue weighted by Crippen LogP contribution is -2.52. The first kappa shape index (κ1) is 23.5. The van der Waals surface area contributed by atoms with Crippen LogP contribution in [0.1, 0.15) is 31.2 Å². The van der Waals surface area contributed by atoms with Crippen molar-refractivity contribution in [2.45, 2.75) is 36.8 Å². The molecule has 0 radical (unpaired) electrons. The van der Waals surface area contributed by atoms with Crippen molar-refractivity contribution in [1.29, 1.82) is 0 Å². The first-order valence-corrected chi connectivity index (χ1v) is 12.3. The van der Waals surface area contributed by atoms with E-state index in [1.54, 1.807) is 0 Å². The number of hydrogen-bond acceptors (Lipinski definition) is 5. The molecule has 176 valence electrons. The molecule has 12 heteroatoms. The summed E-state index contributed by atoms with van der Waals surface area (Å²) in [4.78, 5) is 27.8. The molecule has 7 nitrogen and oxygen atoms in total. The van der Waals surface area contributed by atoms with Crippen molar-refractivity contribution in [2.24, 2.45) is 11.8 Å². The summed E-state index contributed by atoms with van der Waals surface area (Å²) in [5.74, 6) is -0.821. The Balaban J connectivity index is 1.43. The number of nitrogens with zero attached hydrogens (tertiary/aromatic N) is 3. The van der Waals surface area contributed by atoms with Gasteiger partial charge in [-0.3, -0.25) is 19.4 Å². The van der Waals surface area contributed by atoms with Gasteiger partial charge in [-0.2, -0.15) is 17.5 Å². The molecule has 2 atom stereocenters. The van der Waals surface area contributed by atoms with E-state index < -0.39 is 26.7 Å². The highest BCUT2D eigenvalue weighted by molar-refractivity contribution is 7.89. The molecule has 3 fully saturated rings. The first-order valence-electron chi connectivity index (χ1n) is 10.4. The second kappa shape index (κ2) is 8.58. The molecule has 0 bridgehead atoms. The summed E-state index contributed by atoms with van der Waals surface area (Å²) < 4.78 is 66.1. The minimum Gasteiger partial charge on any atom is -0.283 e.